The van der Waals surface area contributed by atoms with E-state index < -0.39 is 29.5 Å². The predicted octanol–water partition coefficient (Wildman–Crippen LogP) is 1.86. The summed E-state index contributed by atoms with van der Waals surface area (Å²) in [6.07, 6.45) is 1.92. The molecular formula is C19H22N4O4. The molecule has 2 fully saturated rings. The molecule has 0 bridgehead atoms. The van der Waals surface area contributed by atoms with Crippen LogP contribution in [-0.4, -0.2) is 34.5 Å². The Bertz CT molecular complexity index is 791. The number of nitrogens with one attached hydrogen (secondary N) is 2. The summed E-state index contributed by atoms with van der Waals surface area (Å²) >= 11 is 0. The Kier molecular flexibility index (Phi) is 5.04. The minimum atomic E-state index is -0.929. The molecule has 1 spiro atoms. The van der Waals surface area contributed by atoms with Crippen molar-refractivity contribution in [1.82, 2.24) is 15.8 Å². The van der Waals surface area contributed by atoms with Crippen LogP contribution in [0.15, 0.2) is 24.3 Å². The first-order valence-electron chi connectivity index (χ1n) is 8.98. The number of hydrogen-bond donors (Lipinski definition) is 2. The van der Waals surface area contributed by atoms with Crippen LogP contribution in [-0.2, 0) is 9.59 Å². The van der Waals surface area contributed by atoms with Gasteiger partial charge in [-0.1, -0.05) is 6.92 Å². The molecule has 27 heavy (non-hydrogen) atoms. The van der Waals surface area contributed by atoms with E-state index in [9.17, 15) is 14.4 Å². The SMILES string of the molecule is CC1CCC2(CC1)NC(=O)N(NC(=O)C(C)Oc1ccc(C#N)cc1)C2=O. The second-order valence-corrected chi connectivity index (χ2v) is 7.21. The number of urea groups is 1. The molecule has 8 heteroatoms. The zero-order chi connectivity index (χ0) is 19.6. The second kappa shape index (κ2) is 7.27. The number of nitriles is 1. The number of hydrazine groups is 1. The zero-order valence-corrected chi connectivity index (χ0v) is 15.3. The Balaban J connectivity index is 1.62. The van der Waals surface area contributed by atoms with Gasteiger partial charge in [-0.05, 0) is 62.8 Å². The van der Waals surface area contributed by atoms with Crippen LogP contribution in [0.3, 0.4) is 0 Å². The van der Waals surface area contributed by atoms with Crippen LogP contribution in [0.25, 0.3) is 0 Å². The van der Waals surface area contributed by atoms with Crippen molar-refractivity contribution < 1.29 is 19.1 Å². The molecule has 1 aliphatic heterocycles. The van der Waals surface area contributed by atoms with Crippen LogP contribution in [0, 0.1) is 17.2 Å². The van der Waals surface area contributed by atoms with Crippen molar-refractivity contribution in [1.29, 1.82) is 5.26 Å². The number of hydrogen-bond acceptors (Lipinski definition) is 5. The lowest BCUT2D eigenvalue weighted by Crippen LogP contribution is -2.53. The number of amides is 4. The third kappa shape index (κ3) is 3.72. The molecule has 1 aromatic rings. The van der Waals surface area contributed by atoms with Crippen LogP contribution in [0.2, 0.25) is 0 Å². The molecule has 1 aliphatic carbocycles. The largest absolute Gasteiger partial charge is 0.481 e. The van der Waals surface area contributed by atoms with Crippen molar-refractivity contribution in [3.8, 4) is 11.8 Å². The predicted molar refractivity (Wildman–Crippen MR) is 95.1 cm³/mol. The molecule has 8 nitrogen and oxygen atoms in total. The summed E-state index contributed by atoms with van der Waals surface area (Å²) in [5.41, 5.74) is 1.93. The van der Waals surface area contributed by atoms with Crippen molar-refractivity contribution in [3.63, 3.8) is 0 Å². The van der Waals surface area contributed by atoms with E-state index in [-0.39, 0.29) is 0 Å². The topological polar surface area (TPSA) is 112 Å². The molecule has 1 saturated carbocycles. The second-order valence-electron chi connectivity index (χ2n) is 7.21. The highest BCUT2D eigenvalue weighted by molar-refractivity contribution is 6.08. The number of benzene rings is 1. The Hall–Kier alpha value is -3.08. The molecule has 2 N–H and O–H groups in total. The molecule has 0 aromatic heterocycles. The van der Waals surface area contributed by atoms with Gasteiger partial charge in [-0.3, -0.25) is 15.0 Å². The van der Waals surface area contributed by atoms with Crippen LogP contribution in [0.1, 0.15) is 45.1 Å². The van der Waals surface area contributed by atoms with Crippen LogP contribution in [0.4, 0.5) is 4.79 Å². The first-order valence-corrected chi connectivity index (χ1v) is 8.98. The normalized spacial score (nSPS) is 25.7. The van der Waals surface area contributed by atoms with Gasteiger partial charge in [-0.25, -0.2) is 4.79 Å². The molecule has 1 heterocycles. The maximum atomic E-state index is 12.7. The van der Waals surface area contributed by atoms with Crippen molar-refractivity contribution >= 4 is 17.8 Å². The van der Waals surface area contributed by atoms with Gasteiger partial charge in [0.15, 0.2) is 6.10 Å². The van der Waals surface area contributed by atoms with E-state index >= 15 is 0 Å². The number of ether oxygens (including phenoxy) is 1. The van der Waals surface area contributed by atoms with Crippen molar-refractivity contribution in [2.75, 3.05) is 0 Å². The van der Waals surface area contributed by atoms with Gasteiger partial charge < -0.3 is 10.1 Å². The number of carbonyl (C=O) groups excluding carboxylic acids is 3. The summed E-state index contributed by atoms with van der Waals surface area (Å²) in [4.78, 5) is 37.4. The third-order valence-corrected chi connectivity index (χ3v) is 5.18. The van der Waals surface area contributed by atoms with E-state index in [4.69, 9.17) is 10.00 Å². The van der Waals surface area contributed by atoms with Crippen LogP contribution >= 0.6 is 0 Å². The van der Waals surface area contributed by atoms with E-state index in [2.05, 4.69) is 17.7 Å². The Labute approximate surface area is 157 Å². The average molecular weight is 370 g/mol. The minimum Gasteiger partial charge on any atom is -0.481 e. The van der Waals surface area contributed by atoms with Crippen molar-refractivity contribution in [3.05, 3.63) is 29.8 Å². The Morgan fingerprint density at radius 1 is 1.33 bits per heavy atom. The van der Waals surface area contributed by atoms with Crippen LogP contribution in [0.5, 0.6) is 5.75 Å². The maximum absolute atomic E-state index is 12.7. The number of nitrogens with zero attached hydrogens (tertiary/aromatic N) is 2. The summed E-state index contributed by atoms with van der Waals surface area (Å²) in [5, 5.41) is 12.3. The van der Waals surface area contributed by atoms with Gasteiger partial charge in [0.2, 0.25) is 0 Å². The molecule has 1 atom stereocenters. The smallest absolute Gasteiger partial charge is 0.344 e. The van der Waals surface area contributed by atoms with Gasteiger partial charge in [0.1, 0.15) is 11.3 Å². The summed E-state index contributed by atoms with van der Waals surface area (Å²) in [5.74, 6) is -0.0983. The highest BCUT2D eigenvalue weighted by Gasteiger charge is 2.53. The van der Waals surface area contributed by atoms with E-state index in [1.54, 1.807) is 24.3 Å². The number of carbonyl (C=O) groups is 3. The molecule has 142 valence electrons. The highest BCUT2D eigenvalue weighted by Crippen LogP contribution is 2.35. The van der Waals surface area contributed by atoms with Crippen LogP contribution < -0.4 is 15.5 Å². The first-order chi connectivity index (χ1) is 12.8. The van der Waals surface area contributed by atoms with E-state index in [0.29, 0.717) is 30.1 Å². The van der Waals surface area contributed by atoms with E-state index in [1.807, 2.05) is 6.07 Å². The fourth-order valence-corrected chi connectivity index (χ4v) is 3.38. The lowest BCUT2D eigenvalue weighted by Gasteiger charge is -2.33. The maximum Gasteiger partial charge on any atom is 0.344 e. The fourth-order valence-electron chi connectivity index (χ4n) is 3.38. The average Bonchev–Trinajstić information content (AvgIpc) is 2.89. The molecule has 1 saturated heterocycles. The molecule has 1 unspecified atom stereocenters. The number of imide groups is 1. The monoisotopic (exact) mass is 370 g/mol. The van der Waals surface area contributed by atoms with Gasteiger partial charge in [0.05, 0.1) is 11.6 Å². The molecular weight excluding hydrogens is 348 g/mol. The van der Waals surface area contributed by atoms with Gasteiger partial charge >= 0.3 is 6.03 Å². The molecule has 4 amide bonds. The van der Waals surface area contributed by atoms with Gasteiger partial charge in [-0.2, -0.15) is 10.3 Å². The third-order valence-electron chi connectivity index (χ3n) is 5.18. The Morgan fingerprint density at radius 3 is 2.56 bits per heavy atom. The minimum absolute atomic E-state index is 0.409. The molecule has 2 aliphatic rings. The summed E-state index contributed by atoms with van der Waals surface area (Å²) in [6, 6.07) is 7.68. The molecule has 1 aromatic carbocycles. The Morgan fingerprint density at radius 2 is 1.96 bits per heavy atom. The molecule has 0 radical (unpaired) electrons. The van der Waals surface area contributed by atoms with E-state index in [1.165, 1.54) is 6.92 Å². The molecule has 3 rings (SSSR count). The van der Waals surface area contributed by atoms with Gasteiger partial charge in [0, 0.05) is 0 Å². The van der Waals surface area contributed by atoms with Crippen molar-refractivity contribution in [2.45, 2.75) is 51.2 Å². The van der Waals surface area contributed by atoms with Crippen molar-refractivity contribution in [2.24, 2.45) is 5.92 Å². The number of rotatable bonds is 4. The fraction of sp³-hybridized carbons (Fsp3) is 0.474. The quantitative estimate of drug-likeness (QED) is 0.786. The summed E-state index contributed by atoms with van der Waals surface area (Å²) < 4.78 is 5.52. The summed E-state index contributed by atoms with van der Waals surface area (Å²) in [7, 11) is 0. The summed E-state index contributed by atoms with van der Waals surface area (Å²) in [6.45, 7) is 3.64. The van der Waals surface area contributed by atoms with Gasteiger partial charge in [-0.15, -0.1) is 0 Å². The lowest BCUT2D eigenvalue weighted by atomic mass is 9.77. The van der Waals surface area contributed by atoms with E-state index in [0.717, 1.165) is 17.9 Å². The highest BCUT2D eigenvalue weighted by atomic mass is 16.5. The standard InChI is InChI=1S/C19H22N4O4/c1-12-7-9-19(10-8-12)17(25)23(18(26)21-19)22-16(24)13(2)27-15-5-3-14(11-20)4-6-15/h3-6,12-13H,7-10H2,1-2H3,(H,21,26)(H,22,24). The van der Waals surface area contributed by atoms with Gasteiger partial charge in [0.25, 0.3) is 11.8 Å². The first kappa shape index (κ1) is 18.7. The lowest BCUT2D eigenvalue weighted by molar-refractivity contribution is -0.142. The zero-order valence-electron chi connectivity index (χ0n) is 15.3.